The third-order valence-corrected chi connectivity index (χ3v) is 3.13. The Labute approximate surface area is 116 Å². The smallest absolute Gasteiger partial charge is 0.331 e. The zero-order valence-corrected chi connectivity index (χ0v) is 11.2. The Kier molecular flexibility index (Phi) is 4.30. The lowest BCUT2D eigenvalue weighted by Crippen LogP contribution is -2.33. The van der Waals surface area contributed by atoms with Crippen LogP contribution in [0.15, 0.2) is 36.5 Å². The van der Waals surface area contributed by atoms with E-state index in [-0.39, 0.29) is 0 Å². The summed E-state index contributed by atoms with van der Waals surface area (Å²) in [6.07, 6.45) is 2.98. The van der Waals surface area contributed by atoms with Gasteiger partial charge in [-0.15, -0.1) is 0 Å². The number of carbonyl (C=O) groups is 2. The number of hydrogen-bond donors (Lipinski definition) is 1. The fourth-order valence-corrected chi connectivity index (χ4v) is 2.24. The molecule has 0 aliphatic heterocycles. The summed E-state index contributed by atoms with van der Waals surface area (Å²) in [7, 11) is 0. The van der Waals surface area contributed by atoms with E-state index in [2.05, 4.69) is 4.98 Å². The number of carboxylic acids is 1. The lowest BCUT2D eigenvalue weighted by atomic mass is 10.0. The van der Waals surface area contributed by atoms with Crippen LogP contribution in [0.1, 0.15) is 24.9 Å². The highest BCUT2D eigenvalue weighted by Gasteiger charge is 2.26. The van der Waals surface area contributed by atoms with Crippen molar-refractivity contribution in [2.75, 3.05) is 6.54 Å². The van der Waals surface area contributed by atoms with Crippen LogP contribution in [-0.2, 0) is 9.59 Å². The molecule has 1 aromatic heterocycles. The third kappa shape index (κ3) is 2.77. The highest BCUT2D eigenvalue weighted by molar-refractivity contribution is 5.83. The molecule has 0 spiro atoms. The molecule has 1 atom stereocenters. The number of hydrogen-bond acceptors (Lipinski definition) is 3. The molecule has 0 saturated heterocycles. The van der Waals surface area contributed by atoms with E-state index in [4.69, 9.17) is 0 Å². The van der Waals surface area contributed by atoms with Gasteiger partial charge in [0.2, 0.25) is 6.41 Å². The van der Waals surface area contributed by atoms with Gasteiger partial charge >= 0.3 is 5.97 Å². The van der Waals surface area contributed by atoms with Crippen molar-refractivity contribution in [3.63, 3.8) is 0 Å². The maximum atomic E-state index is 11.5. The average molecular weight is 272 g/mol. The Morgan fingerprint density at radius 2 is 2.25 bits per heavy atom. The second-order valence-electron chi connectivity index (χ2n) is 4.54. The fraction of sp³-hybridized carbons (Fsp3) is 0.267. The van der Waals surface area contributed by atoms with Crippen molar-refractivity contribution in [2.24, 2.45) is 0 Å². The molecule has 0 aliphatic carbocycles. The first-order chi connectivity index (χ1) is 9.67. The van der Waals surface area contributed by atoms with Gasteiger partial charge in [-0.25, -0.2) is 4.79 Å². The van der Waals surface area contributed by atoms with Crippen LogP contribution in [0.25, 0.3) is 10.9 Å². The van der Waals surface area contributed by atoms with E-state index in [1.54, 1.807) is 30.5 Å². The maximum absolute atomic E-state index is 11.5. The molecule has 104 valence electrons. The molecular formula is C15H16N2O3. The third-order valence-electron chi connectivity index (χ3n) is 3.13. The zero-order valence-electron chi connectivity index (χ0n) is 11.2. The van der Waals surface area contributed by atoms with Crippen LogP contribution in [-0.4, -0.2) is 33.9 Å². The number of benzene rings is 1. The average Bonchev–Trinajstić information content (AvgIpc) is 2.46. The van der Waals surface area contributed by atoms with Gasteiger partial charge in [-0.2, -0.15) is 0 Å². The van der Waals surface area contributed by atoms with E-state index < -0.39 is 12.0 Å². The van der Waals surface area contributed by atoms with Gasteiger partial charge in [-0.05, 0) is 30.2 Å². The van der Waals surface area contributed by atoms with Crippen molar-refractivity contribution >= 4 is 23.3 Å². The first-order valence-corrected chi connectivity index (χ1v) is 6.46. The monoisotopic (exact) mass is 272 g/mol. The molecule has 0 aliphatic rings. The molecule has 0 fully saturated rings. The van der Waals surface area contributed by atoms with Crippen LogP contribution in [0.4, 0.5) is 0 Å². The van der Waals surface area contributed by atoms with Crippen LogP contribution >= 0.6 is 0 Å². The Hall–Kier alpha value is -2.43. The summed E-state index contributed by atoms with van der Waals surface area (Å²) in [5.74, 6) is -1.03. The number of amides is 1. The number of fused-ring (bicyclic) bond motifs is 1. The molecule has 0 radical (unpaired) electrons. The van der Waals surface area contributed by atoms with Crippen molar-refractivity contribution in [1.29, 1.82) is 0 Å². The van der Waals surface area contributed by atoms with Crippen molar-refractivity contribution in [3.05, 3.63) is 42.1 Å². The second-order valence-corrected chi connectivity index (χ2v) is 4.54. The van der Waals surface area contributed by atoms with E-state index in [9.17, 15) is 14.7 Å². The van der Waals surface area contributed by atoms with Gasteiger partial charge in [0, 0.05) is 18.1 Å². The molecule has 5 nitrogen and oxygen atoms in total. The molecule has 1 amide bonds. The van der Waals surface area contributed by atoms with Crippen molar-refractivity contribution in [2.45, 2.75) is 19.4 Å². The predicted octanol–water partition coefficient (Wildman–Crippen LogP) is 2.23. The Morgan fingerprint density at radius 3 is 2.90 bits per heavy atom. The summed E-state index contributed by atoms with van der Waals surface area (Å²) in [6.45, 7) is 2.31. The van der Waals surface area contributed by atoms with Gasteiger partial charge in [0.15, 0.2) is 6.04 Å². The van der Waals surface area contributed by atoms with E-state index >= 15 is 0 Å². The normalized spacial score (nSPS) is 12.1. The summed E-state index contributed by atoms with van der Waals surface area (Å²) in [6, 6.07) is 7.96. The zero-order chi connectivity index (χ0) is 14.5. The summed E-state index contributed by atoms with van der Waals surface area (Å²) in [5.41, 5.74) is 1.38. The summed E-state index contributed by atoms with van der Waals surface area (Å²) in [5, 5.41) is 10.3. The van der Waals surface area contributed by atoms with Crippen molar-refractivity contribution < 1.29 is 14.7 Å². The van der Waals surface area contributed by atoms with E-state index in [0.29, 0.717) is 24.9 Å². The van der Waals surface area contributed by atoms with E-state index in [0.717, 1.165) is 10.9 Å². The summed E-state index contributed by atoms with van der Waals surface area (Å²) in [4.78, 5) is 28.1. The Morgan fingerprint density at radius 1 is 1.45 bits per heavy atom. The number of aromatic nitrogens is 1. The fourth-order valence-electron chi connectivity index (χ4n) is 2.24. The van der Waals surface area contributed by atoms with Crippen LogP contribution in [0.2, 0.25) is 0 Å². The molecule has 1 unspecified atom stereocenters. The maximum Gasteiger partial charge on any atom is 0.331 e. The van der Waals surface area contributed by atoms with Gasteiger partial charge in [0.05, 0.1) is 5.52 Å². The highest BCUT2D eigenvalue weighted by Crippen LogP contribution is 2.23. The van der Waals surface area contributed by atoms with Gasteiger partial charge in [-0.3, -0.25) is 9.78 Å². The lowest BCUT2D eigenvalue weighted by Gasteiger charge is -2.25. The minimum absolute atomic E-state index is 0.408. The molecule has 0 saturated carbocycles. The second kappa shape index (κ2) is 6.14. The van der Waals surface area contributed by atoms with E-state index in [1.807, 2.05) is 13.0 Å². The Bertz CT molecular complexity index is 627. The van der Waals surface area contributed by atoms with Crippen LogP contribution < -0.4 is 0 Å². The van der Waals surface area contributed by atoms with Gasteiger partial charge in [0.1, 0.15) is 0 Å². The van der Waals surface area contributed by atoms with Crippen LogP contribution in [0.3, 0.4) is 0 Å². The number of pyridine rings is 1. The molecule has 2 aromatic rings. The largest absolute Gasteiger partial charge is 0.479 e. The molecule has 5 heteroatoms. The first-order valence-electron chi connectivity index (χ1n) is 6.46. The quantitative estimate of drug-likeness (QED) is 0.819. The Balaban J connectivity index is 2.45. The van der Waals surface area contributed by atoms with Gasteiger partial charge in [0.25, 0.3) is 0 Å². The molecule has 1 aromatic carbocycles. The molecule has 1 N–H and O–H groups in total. The minimum Gasteiger partial charge on any atom is -0.479 e. The molecule has 0 bridgehead atoms. The number of aliphatic carboxylic acids is 1. The molecule has 2 rings (SSSR count). The highest BCUT2D eigenvalue weighted by atomic mass is 16.4. The summed E-state index contributed by atoms with van der Waals surface area (Å²) < 4.78 is 0. The predicted molar refractivity (Wildman–Crippen MR) is 75.2 cm³/mol. The van der Waals surface area contributed by atoms with Crippen molar-refractivity contribution in [1.82, 2.24) is 9.88 Å². The lowest BCUT2D eigenvalue weighted by molar-refractivity contribution is -0.146. The van der Waals surface area contributed by atoms with E-state index in [1.165, 1.54) is 4.90 Å². The van der Waals surface area contributed by atoms with Crippen LogP contribution in [0, 0.1) is 0 Å². The summed E-state index contributed by atoms with van der Waals surface area (Å²) >= 11 is 0. The minimum atomic E-state index is -1.03. The van der Waals surface area contributed by atoms with Crippen molar-refractivity contribution in [3.8, 4) is 0 Å². The topological polar surface area (TPSA) is 70.5 Å². The van der Waals surface area contributed by atoms with Crippen LogP contribution in [0.5, 0.6) is 0 Å². The van der Waals surface area contributed by atoms with Gasteiger partial charge < -0.3 is 10.0 Å². The molecular weight excluding hydrogens is 256 g/mol. The SMILES string of the molecule is CCCN(C=O)C(C(=O)O)c1ccc2ncccc2c1. The number of rotatable bonds is 6. The number of nitrogens with zero attached hydrogens (tertiary/aromatic N) is 2. The first kappa shape index (κ1) is 14.0. The molecule has 1 heterocycles. The number of carbonyl (C=O) groups excluding carboxylic acids is 1. The number of carboxylic acid groups (broad SMARTS) is 1. The molecule has 20 heavy (non-hydrogen) atoms. The van der Waals surface area contributed by atoms with Gasteiger partial charge in [-0.1, -0.05) is 19.1 Å². The standard InChI is InChI=1S/C15H16N2O3/c1-2-8-17(10-18)14(15(19)20)12-5-6-13-11(9-12)4-3-7-16-13/h3-7,9-10,14H,2,8H2,1H3,(H,19,20).